The Bertz CT molecular complexity index is 429. The fourth-order valence-corrected chi connectivity index (χ4v) is 4.95. The third kappa shape index (κ3) is 4.52. The lowest BCUT2D eigenvalue weighted by Crippen LogP contribution is -2.43. The summed E-state index contributed by atoms with van der Waals surface area (Å²) in [6.45, 7) is 5.52. The summed E-state index contributed by atoms with van der Waals surface area (Å²) in [7, 11) is 0. The molecule has 3 rings (SSSR count). The Kier molecular flexibility index (Phi) is 6.18. The van der Waals surface area contributed by atoms with E-state index in [1.165, 1.54) is 51.4 Å². The first kappa shape index (κ1) is 17.8. The van der Waals surface area contributed by atoms with Crippen LogP contribution in [0.25, 0.3) is 0 Å². The maximum absolute atomic E-state index is 12.6. The van der Waals surface area contributed by atoms with Crippen molar-refractivity contribution in [2.24, 2.45) is 17.8 Å². The van der Waals surface area contributed by atoms with Crippen molar-refractivity contribution in [3.8, 4) is 0 Å². The highest BCUT2D eigenvalue weighted by atomic mass is 16.2. The standard InChI is InChI=1S/C20H34N2O2/c1-16(23)21-11-7-17(8-12-21)15-18-9-13-22(14-10-18)20(24)19-5-3-2-4-6-19/h17-19H,2-15H2,1H3. The fraction of sp³-hybridized carbons (Fsp3) is 0.900. The van der Waals surface area contributed by atoms with E-state index in [9.17, 15) is 9.59 Å². The van der Waals surface area contributed by atoms with Crippen molar-refractivity contribution in [1.82, 2.24) is 9.80 Å². The number of amides is 2. The summed E-state index contributed by atoms with van der Waals surface area (Å²) in [5.41, 5.74) is 0. The van der Waals surface area contributed by atoms with Crippen LogP contribution in [0.4, 0.5) is 0 Å². The van der Waals surface area contributed by atoms with Crippen LogP contribution in [0.2, 0.25) is 0 Å². The van der Waals surface area contributed by atoms with Crippen molar-refractivity contribution in [3.63, 3.8) is 0 Å². The minimum Gasteiger partial charge on any atom is -0.343 e. The van der Waals surface area contributed by atoms with Crippen LogP contribution in [-0.4, -0.2) is 47.8 Å². The van der Waals surface area contributed by atoms with Crippen LogP contribution in [0, 0.1) is 17.8 Å². The van der Waals surface area contributed by atoms with Gasteiger partial charge in [0.05, 0.1) is 0 Å². The molecule has 24 heavy (non-hydrogen) atoms. The van der Waals surface area contributed by atoms with Gasteiger partial charge in [0, 0.05) is 39.0 Å². The van der Waals surface area contributed by atoms with E-state index in [-0.39, 0.29) is 5.91 Å². The molecule has 0 atom stereocenters. The Morgan fingerprint density at radius 1 is 0.750 bits per heavy atom. The Morgan fingerprint density at radius 3 is 1.75 bits per heavy atom. The quantitative estimate of drug-likeness (QED) is 0.793. The molecule has 0 unspecified atom stereocenters. The first-order valence-electron chi connectivity index (χ1n) is 10.2. The number of rotatable bonds is 3. The molecule has 2 amide bonds. The van der Waals surface area contributed by atoms with Crippen LogP contribution in [0.5, 0.6) is 0 Å². The lowest BCUT2D eigenvalue weighted by Gasteiger charge is -2.38. The van der Waals surface area contributed by atoms with Gasteiger partial charge in [-0.25, -0.2) is 0 Å². The average molecular weight is 335 g/mol. The van der Waals surface area contributed by atoms with E-state index in [4.69, 9.17) is 0 Å². The maximum Gasteiger partial charge on any atom is 0.225 e. The van der Waals surface area contributed by atoms with Crippen LogP contribution in [-0.2, 0) is 9.59 Å². The molecule has 1 aliphatic carbocycles. The van der Waals surface area contributed by atoms with E-state index in [0.29, 0.717) is 11.8 Å². The molecular formula is C20H34N2O2. The highest BCUT2D eigenvalue weighted by Crippen LogP contribution is 2.32. The number of hydrogen-bond acceptors (Lipinski definition) is 2. The minimum atomic E-state index is 0.225. The van der Waals surface area contributed by atoms with Crippen molar-refractivity contribution in [2.75, 3.05) is 26.2 Å². The number of carbonyl (C=O) groups is 2. The van der Waals surface area contributed by atoms with Gasteiger partial charge < -0.3 is 9.80 Å². The zero-order valence-corrected chi connectivity index (χ0v) is 15.3. The molecule has 0 aromatic heterocycles. The van der Waals surface area contributed by atoms with Crippen LogP contribution in [0.3, 0.4) is 0 Å². The molecule has 0 N–H and O–H groups in total. The van der Waals surface area contributed by atoms with E-state index < -0.39 is 0 Å². The molecular weight excluding hydrogens is 300 g/mol. The highest BCUT2D eigenvalue weighted by molar-refractivity contribution is 5.79. The topological polar surface area (TPSA) is 40.6 Å². The van der Waals surface area contributed by atoms with Crippen molar-refractivity contribution in [1.29, 1.82) is 0 Å². The Morgan fingerprint density at radius 2 is 1.25 bits per heavy atom. The number of piperidine rings is 2. The summed E-state index contributed by atoms with van der Waals surface area (Å²) in [6.07, 6.45) is 12.0. The van der Waals surface area contributed by atoms with E-state index >= 15 is 0 Å². The zero-order valence-electron chi connectivity index (χ0n) is 15.3. The number of carbonyl (C=O) groups excluding carboxylic acids is 2. The Labute approximate surface area is 146 Å². The van der Waals surface area contributed by atoms with Gasteiger partial charge in [-0.1, -0.05) is 19.3 Å². The molecule has 0 aromatic rings. The summed E-state index contributed by atoms with van der Waals surface area (Å²) >= 11 is 0. The molecule has 2 heterocycles. The molecule has 0 radical (unpaired) electrons. The largest absolute Gasteiger partial charge is 0.343 e. The van der Waals surface area contributed by atoms with Gasteiger partial charge in [-0.15, -0.1) is 0 Å². The lowest BCUT2D eigenvalue weighted by atomic mass is 9.82. The van der Waals surface area contributed by atoms with Crippen LogP contribution in [0.15, 0.2) is 0 Å². The molecule has 0 bridgehead atoms. The van der Waals surface area contributed by atoms with Crippen LogP contribution < -0.4 is 0 Å². The SMILES string of the molecule is CC(=O)N1CCC(CC2CCN(C(=O)C3CCCCC3)CC2)CC1. The summed E-state index contributed by atoms with van der Waals surface area (Å²) in [5, 5.41) is 0. The molecule has 1 saturated carbocycles. The van der Waals surface area contributed by atoms with Crippen molar-refractivity contribution >= 4 is 11.8 Å². The second-order valence-corrected chi connectivity index (χ2v) is 8.29. The minimum absolute atomic E-state index is 0.225. The first-order valence-corrected chi connectivity index (χ1v) is 10.2. The smallest absolute Gasteiger partial charge is 0.225 e. The fourth-order valence-electron chi connectivity index (χ4n) is 4.95. The second-order valence-electron chi connectivity index (χ2n) is 8.29. The van der Waals surface area contributed by atoms with Gasteiger partial charge in [0.15, 0.2) is 0 Å². The van der Waals surface area contributed by atoms with Gasteiger partial charge in [-0.3, -0.25) is 9.59 Å². The molecule has 136 valence electrons. The molecule has 2 aliphatic heterocycles. The number of likely N-dealkylation sites (tertiary alicyclic amines) is 2. The third-order valence-electron chi connectivity index (χ3n) is 6.61. The summed E-state index contributed by atoms with van der Waals surface area (Å²) in [6, 6.07) is 0. The van der Waals surface area contributed by atoms with Gasteiger partial charge >= 0.3 is 0 Å². The lowest BCUT2D eigenvalue weighted by molar-refractivity contribution is -0.138. The van der Waals surface area contributed by atoms with E-state index in [1.807, 2.05) is 4.90 Å². The average Bonchev–Trinajstić information content (AvgIpc) is 2.63. The third-order valence-corrected chi connectivity index (χ3v) is 6.61. The van der Waals surface area contributed by atoms with Crippen LogP contribution >= 0.6 is 0 Å². The van der Waals surface area contributed by atoms with Crippen molar-refractivity contribution in [2.45, 2.75) is 71.1 Å². The molecule has 2 saturated heterocycles. The highest BCUT2D eigenvalue weighted by Gasteiger charge is 2.30. The Hall–Kier alpha value is -1.06. The van der Waals surface area contributed by atoms with E-state index in [2.05, 4.69) is 4.90 Å². The molecule has 3 aliphatic rings. The van der Waals surface area contributed by atoms with E-state index in [1.54, 1.807) is 6.92 Å². The maximum atomic E-state index is 12.6. The van der Waals surface area contributed by atoms with Crippen LogP contribution in [0.1, 0.15) is 71.1 Å². The zero-order chi connectivity index (χ0) is 16.9. The summed E-state index contributed by atoms with van der Waals surface area (Å²) < 4.78 is 0. The second kappa shape index (κ2) is 8.35. The predicted octanol–water partition coefficient (Wildman–Crippen LogP) is 3.45. The van der Waals surface area contributed by atoms with Crippen molar-refractivity contribution < 1.29 is 9.59 Å². The monoisotopic (exact) mass is 334 g/mol. The molecule has 0 aromatic carbocycles. The molecule has 4 heteroatoms. The van der Waals surface area contributed by atoms with Crippen molar-refractivity contribution in [3.05, 3.63) is 0 Å². The van der Waals surface area contributed by atoms with Gasteiger partial charge in [-0.05, 0) is 56.8 Å². The van der Waals surface area contributed by atoms with Gasteiger partial charge in [0.2, 0.25) is 11.8 Å². The molecule has 4 nitrogen and oxygen atoms in total. The predicted molar refractivity (Wildman–Crippen MR) is 95.5 cm³/mol. The van der Waals surface area contributed by atoms with Gasteiger partial charge in [0.25, 0.3) is 0 Å². The van der Waals surface area contributed by atoms with E-state index in [0.717, 1.165) is 50.9 Å². The summed E-state index contributed by atoms with van der Waals surface area (Å²) in [5.74, 6) is 2.57. The molecule has 0 spiro atoms. The molecule has 3 fully saturated rings. The van der Waals surface area contributed by atoms with Gasteiger partial charge in [0.1, 0.15) is 0 Å². The van der Waals surface area contributed by atoms with Gasteiger partial charge in [-0.2, -0.15) is 0 Å². The number of nitrogens with zero attached hydrogens (tertiary/aromatic N) is 2. The summed E-state index contributed by atoms with van der Waals surface area (Å²) in [4.78, 5) is 28.2. The normalized spacial score (nSPS) is 25.0. The first-order chi connectivity index (χ1) is 11.6. The Balaban J connectivity index is 1.38. The number of hydrogen-bond donors (Lipinski definition) is 0.